The summed E-state index contributed by atoms with van der Waals surface area (Å²) in [5, 5.41) is 3.24. The summed E-state index contributed by atoms with van der Waals surface area (Å²) in [6.45, 7) is 4.32. The number of piperidine rings is 1. The Morgan fingerprint density at radius 2 is 1.76 bits per heavy atom. The van der Waals surface area contributed by atoms with Gasteiger partial charge in [0.2, 0.25) is 0 Å². The maximum absolute atomic E-state index is 4.90. The third kappa shape index (κ3) is 2.98. The first-order valence-corrected chi connectivity index (χ1v) is 8.07. The molecule has 21 heavy (non-hydrogen) atoms. The van der Waals surface area contributed by atoms with Crippen LogP contribution in [0.1, 0.15) is 43.0 Å². The molecule has 0 radical (unpaired) electrons. The molecule has 1 aliphatic carbocycles. The quantitative estimate of drug-likeness (QED) is 0.921. The van der Waals surface area contributed by atoms with Gasteiger partial charge in [-0.05, 0) is 46.7 Å². The van der Waals surface area contributed by atoms with E-state index < -0.39 is 0 Å². The molecule has 0 unspecified atom stereocenters. The Balaban J connectivity index is 1.82. The van der Waals surface area contributed by atoms with Crippen molar-refractivity contribution >= 4 is 11.6 Å². The molecule has 1 saturated carbocycles. The van der Waals surface area contributed by atoms with Crippen LogP contribution in [-0.2, 0) is 0 Å². The summed E-state index contributed by atoms with van der Waals surface area (Å²) in [6.07, 6.45) is 4.91. The van der Waals surface area contributed by atoms with Gasteiger partial charge >= 0.3 is 0 Å². The maximum atomic E-state index is 4.90. The zero-order chi connectivity index (χ0) is 15.0. The molecule has 1 aromatic rings. The van der Waals surface area contributed by atoms with Gasteiger partial charge in [-0.15, -0.1) is 0 Å². The van der Waals surface area contributed by atoms with E-state index in [-0.39, 0.29) is 0 Å². The minimum Gasteiger partial charge on any atom is -0.373 e. The first kappa shape index (κ1) is 14.6. The van der Waals surface area contributed by atoms with Crippen molar-refractivity contribution in [2.75, 3.05) is 44.4 Å². The van der Waals surface area contributed by atoms with Crippen molar-refractivity contribution in [3.63, 3.8) is 0 Å². The van der Waals surface area contributed by atoms with Gasteiger partial charge in [0.1, 0.15) is 17.5 Å². The molecule has 0 amide bonds. The van der Waals surface area contributed by atoms with E-state index >= 15 is 0 Å². The third-order valence-corrected chi connectivity index (χ3v) is 4.81. The zero-order valence-corrected chi connectivity index (χ0v) is 13.7. The maximum Gasteiger partial charge on any atom is 0.137 e. The molecule has 1 saturated heterocycles. The van der Waals surface area contributed by atoms with Crippen LogP contribution < -0.4 is 10.2 Å². The van der Waals surface area contributed by atoms with E-state index in [1.807, 2.05) is 7.05 Å². The molecule has 0 bridgehead atoms. The highest BCUT2D eigenvalue weighted by molar-refractivity contribution is 5.59. The Morgan fingerprint density at radius 1 is 1.10 bits per heavy atom. The normalized spacial score (nSPS) is 20.1. The molecule has 1 aliphatic heterocycles. The molecule has 2 heterocycles. The van der Waals surface area contributed by atoms with E-state index in [0.29, 0.717) is 12.0 Å². The monoisotopic (exact) mass is 289 g/mol. The first-order chi connectivity index (χ1) is 10.1. The molecular weight excluding hydrogens is 262 g/mol. The van der Waals surface area contributed by atoms with Crippen LogP contribution in [0.25, 0.3) is 0 Å². The van der Waals surface area contributed by atoms with Gasteiger partial charge in [-0.3, -0.25) is 0 Å². The van der Waals surface area contributed by atoms with E-state index in [4.69, 9.17) is 9.97 Å². The fourth-order valence-electron chi connectivity index (χ4n) is 3.19. The molecular formula is C16H27N5. The molecule has 2 aliphatic rings. The lowest BCUT2D eigenvalue weighted by Gasteiger charge is -2.36. The van der Waals surface area contributed by atoms with Crippen molar-refractivity contribution in [2.24, 2.45) is 0 Å². The summed E-state index contributed by atoms with van der Waals surface area (Å²) in [6, 6.07) is 0.704. The average Bonchev–Trinajstić information content (AvgIpc) is 3.32. The SMILES string of the molecule is CNc1nc(C2CC2)nc(N2CCC(N(C)C)CC2)c1C. The number of hydrogen-bond acceptors (Lipinski definition) is 5. The molecule has 1 aromatic heterocycles. The molecule has 116 valence electrons. The van der Waals surface area contributed by atoms with E-state index in [1.54, 1.807) is 0 Å². The van der Waals surface area contributed by atoms with Crippen LogP contribution in [0.2, 0.25) is 0 Å². The van der Waals surface area contributed by atoms with Crippen molar-refractivity contribution in [3.8, 4) is 0 Å². The lowest BCUT2D eigenvalue weighted by molar-refractivity contribution is 0.249. The first-order valence-electron chi connectivity index (χ1n) is 8.07. The molecule has 1 N–H and O–H groups in total. The van der Waals surface area contributed by atoms with Gasteiger partial charge in [-0.1, -0.05) is 0 Å². The average molecular weight is 289 g/mol. The van der Waals surface area contributed by atoms with Gasteiger partial charge < -0.3 is 15.1 Å². The Bertz CT molecular complexity index is 502. The van der Waals surface area contributed by atoms with Crippen LogP contribution in [0.4, 0.5) is 11.6 Å². The Morgan fingerprint density at radius 3 is 2.29 bits per heavy atom. The van der Waals surface area contributed by atoms with Gasteiger partial charge in [0.25, 0.3) is 0 Å². The predicted molar refractivity (Wildman–Crippen MR) is 87.2 cm³/mol. The van der Waals surface area contributed by atoms with Gasteiger partial charge in [0.05, 0.1) is 0 Å². The van der Waals surface area contributed by atoms with Gasteiger partial charge in [-0.25, -0.2) is 9.97 Å². The van der Waals surface area contributed by atoms with Crippen molar-refractivity contribution in [1.82, 2.24) is 14.9 Å². The van der Waals surface area contributed by atoms with Crippen LogP contribution in [0, 0.1) is 6.92 Å². The predicted octanol–water partition coefficient (Wildman–Crippen LogP) is 2.23. The summed E-state index contributed by atoms with van der Waals surface area (Å²) in [7, 11) is 6.31. The molecule has 0 aromatic carbocycles. The standard InChI is InChI=1S/C16H27N5/c1-11-14(17-2)18-15(12-5-6-12)19-16(11)21-9-7-13(8-10-21)20(3)4/h12-13H,5-10H2,1-4H3,(H,17,18,19). The molecule has 3 rings (SSSR count). The van der Waals surface area contributed by atoms with E-state index in [1.165, 1.54) is 31.2 Å². The van der Waals surface area contributed by atoms with Crippen LogP contribution in [0.5, 0.6) is 0 Å². The summed E-state index contributed by atoms with van der Waals surface area (Å²) in [5.41, 5.74) is 1.19. The number of hydrogen-bond donors (Lipinski definition) is 1. The van der Waals surface area contributed by atoms with Gasteiger partial charge in [0.15, 0.2) is 0 Å². The largest absolute Gasteiger partial charge is 0.373 e. The topological polar surface area (TPSA) is 44.3 Å². The molecule has 2 fully saturated rings. The highest BCUT2D eigenvalue weighted by Gasteiger charge is 2.30. The van der Waals surface area contributed by atoms with Crippen molar-refractivity contribution in [2.45, 2.75) is 44.6 Å². The molecule has 0 atom stereocenters. The Hall–Kier alpha value is -1.36. The van der Waals surface area contributed by atoms with Gasteiger partial charge in [-0.2, -0.15) is 0 Å². The van der Waals surface area contributed by atoms with Crippen LogP contribution in [-0.4, -0.2) is 55.1 Å². The Kier molecular flexibility index (Phi) is 4.02. The smallest absolute Gasteiger partial charge is 0.137 e. The zero-order valence-electron chi connectivity index (χ0n) is 13.7. The van der Waals surface area contributed by atoms with Gasteiger partial charge in [0, 0.05) is 37.7 Å². The fourth-order valence-corrected chi connectivity index (χ4v) is 3.19. The summed E-state index contributed by atoms with van der Waals surface area (Å²) >= 11 is 0. The molecule has 5 heteroatoms. The summed E-state index contributed by atoms with van der Waals surface area (Å²) in [5.74, 6) is 3.77. The third-order valence-electron chi connectivity index (χ3n) is 4.81. The number of anilines is 2. The highest BCUT2D eigenvalue weighted by atomic mass is 15.2. The lowest BCUT2D eigenvalue weighted by Crippen LogP contribution is -2.42. The molecule has 5 nitrogen and oxygen atoms in total. The summed E-state index contributed by atoms with van der Waals surface area (Å²) < 4.78 is 0. The second-order valence-corrected chi connectivity index (χ2v) is 6.59. The van der Waals surface area contributed by atoms with Crippen LogP contribution in [0.15, 0.2) is 0 Å². The van der Waals surface area contributed by atoms with E-state index in [9.17, 15) is 0 Å². The van der Waals surface area contributed by atoms with E-state index in [0.717, 1.165) is 30.5 Å². The van der Waals surface area contributed by atoms with E-state index in [2.05, 4.69) is 36.1 Å². The minimum atomic E-state index is 0.593. The number of rotatable bonds is 4. The second kappa shape index (κ2) is 5.79. The lowest BCUT2D eigenvalue weighted by atomic mass is 10.0. The fraction of sp³-hybridized carbons (Fsp3) is 0.750. The summed E-state index contributed by atoms with van der Waals surface area (Å²) in [4.78, 5) is 14.4. The van der Waals surface area contributed by atoms with Crippen molar-refractivity contribution in [1.29, 1.82) is 0 Å². The Labute approximate surface area is 127 Å². The number of nitrogens with one attached hydrogen (secondary N) is 1. The van der Waals surface area contributed by atoms with Crippen LogP contribution >= 0.6 is 0 Å². The number of nitrogens with zero attached hydrogens (tertiary/aromatic N) is 4. The van der Waals surface area contributed by atoms with Crippen LogP contribution in [0.3, 0.4) is 0 Å². The second-order valence-electron chi connectivity index (χ2n) is 6.59. The molecule has 0 spiro atoms. The minimum absolute atomic E-state index is 0.593. The van der Waals surface area contributed by atoms with Crippen molar-refractivity contribution < 1.29 is 0 Å². The number of aromatic nitrogens is 2. The van der Waals surface area contributed by atoms with Crippen molar-refractivity contribution in [3.05, 3.63) is 11.4 Å². The highest BCUT2D eigenvalue weighted by Crippen LogP contribution is 2.40.